The van der Waals surface area contributed by atoms with Gasteiger partial charge in [0.25, 0.3) is 0 Å². The molecule has 18 heavy (non-hydrogen) atoms. The molecular formula is C11H10ClF3N2S. The van der Waals surface area contributed by atoms with Crippen molar-refractivity contribution in [3.05, 3.63) is 28.8 Å². The van der Waals surface area contributed by atoms with E-state index in [-0.39, 0.29) is 5.02 Å². The van der Waals surface area contributed by atoms with E-state index in [1.54, 1.807) is 0 Å². The maximum atomic E-state index is 12.5. The third-order valence-electron chi connectivity index (χ3n) is 2.33. The number of alkyl halides is 3. The highest BCUT2D eigenvalue weighted by molar-refractivity contribution is 8.14. The van der Waals surface area contributed by atoms with Crippen LogP contribution < -0.4 is 5.32 Å². The number of hydrogen-bond donors (Lipinski definition) is 1. The zero-order valence-corrected chi connectivity index (χ0v) is 10.8. The Morgan fingerprint density at radius 3 is 2.67 bits per heavy atom. The van der Waals surface area contributed by atoms with Gasteiger partial charge in [-0.2, -0.15) is 13.2 Å². The van der Waals surface area contributed by atoms with Crippen molar-refractivity contribution in [3.8, 4) is 0 Å². The molecule has 0 fully saturated rings. The van der Waals surface area contributed by atoms with Gasteiger partial charge in [0.2, 0.25) is 0 Å². The highest BCUT2D eigenvalue weighted by atomic mass is 35.5. The van der Waals surface area contributed by atoms with E-state index in [4.69, 9.17) is 11.6 Å². The SMILES string of the molecule is FC(F)(F)c1ccc(NC2=NCCCS2)c(Cl)c1. The Balaban J connectivity index is 2.17. The van der Waals surface area contributed by atoms with Gasteiger partial charge in [-0.1, -0.05) is 23.4 Å². The lowest BCUT2D eigenvalue weighted by Gasteiger charge is -2.15. The highest BCUT2D eigenvalue weighted by Crippen LogP contribution is 2.34. The number of aliphatic imine (C=N–C) groups is 1. The predicted octanol–water partition coefficient (Wildman–Crippen LogP) is 4.26. The van der Waals surface area contributed by atoms with Gasteiger partial charge < -0.3 is 5.32 Å². The monoisotopic (exact) mass is 294 g/mol. The first-order chi connectivity index (χ1) is 8.47. The lowest BCUT2D eigenvalue weighted by molar-refractivity contribution is -0.137. The summed E-state index contributed by atoms with van der Waals surface area (Å²) in [5, 5.41) is 3.68. The summed E-state index contributed by atoms with van der Waals surface area (Å²) in [6.45, 7) is 0.730. The number of amidine groups is 1. The molecule has 1 N–H and O–H groups in total. The predicted molar refractivity (Wildman–Crippen MR) is 69.5 cm³/mol. The molecule has 2 rings (SSSR count). The maximum Gasteiger partial charge on any atom is 0.416 e. The van der Waals surface area contributed by atoms with Gasteiger partial charge in [-0.25, -0.2) is 0 Å². The molecule has 0 spiro atoms. The van der Waals surface area contributed by atoms with Crippen molar-refractivity contribution in [2.45, 2.75) is 12.6 Å². The summed E-state index contributed by atoms with van der Waals surface area (Å²) in [4.78, 5) is 4.22. The number of benzene rings is 1. The van der Waals surface area contributed by atoms with Crippen LogP contribution in [-0.2, 0) is 6.18 Å². The Kier molecular flexibility index (Phi) is 4.07. The first-order valence-electron chi connectivity index (χ1n) is 5.28. The molecular weight excluding hydrogens is 285 g/mol. The summed E-state index contributed by atoms with van der Waals surface area (Å²) in [6.07, 6.45) is -3.37. The second kappa shape index (κ2) is 5.40. The zero-order chi connectivity index (χ0) is 13.2. The van der Waals surface area contributed by atoms with E-state index in [0.717, 1.165) is 30.9 Å². The smallest absolute Gasteiger partial charge is 0.334 e. The first kappa shape index (κ1) is 13.5. The van der Waals surface area contributed by atoms with Gasteiger partial charge in [0.15, 0.2) is 5.17 Å². The van der Waals surface area contributed by atoms with Crippen LogP contribution >= 0.6 is 23.4 Å². The Morgan fingerprint density at radius 2 is 2.11 bits per heavy atom. The van der Waals surface area contributed by atoms with Crippen molar-refractivity contribution in [2.24, 2.45) is 4.99 Å². The largest absolute Gasteiger partial charge is 0.416 e. The van der Waals surface area contributed by atoms with Crippen molar-refractivity contribution >= 4 is 34.2 Å². The molecule has 1 heterocycles. The van der Waals surface area contributed by atoms with E-state index in [1.165, 1.54) is 17.8 Å². The molecule has 7 heteroatoms. The average Bonchev–Trinajstić information content (AvgIpc) is 2.32. The molecule has 0 aromatic heterocycles. The Hall–Kier alpha value is -0.880. The van der Waals surface area contributed by atoms with Gasteiger partial charge in [0.1, 0.15) is 0 Å². The molecule has 0 unspecified atom stereocenters. The summed E-state index contributed by atoms with van der Waals surface area (Å²) in [5.41, 5.74) is -0.311. The molecule has 1 aromatic carbocycles. The quantitative estimate of drug-likeness (QED) is 0.837. The van der Waals surface area contributed by atoms with Crippen molar-refractivity contribution in [1.82, 2.24) is 0 Å². The minimum atomic E-state index is -4.38. The van der Waals surface area contributed by atoms with Crippen LogP contribution in [0, 0.1) is 0 Å². The lowest BCUT2D eigenvalue weighted by atomic mass is 10.2. The topological polar surface area (TPSA) is 24.4 Å². The second-order valence-corrected chi connectivity index (χ2v) is 5.20. The van der Waals surface area contributed by atoms with Crippen molar-refractivity contribution < 1.29 is 13.2 Å². The molecule has 0 aliphatic carbocycles. The second-order valence-electron chi connectivity index (χ2n) is 3.71. The molecule has 0 saturated carbocycles. The van der Waals surface area contributed by atoms with E-state index in [1.807, 2.05) is 0 Å². The number of rotatable bonds is 1. The fraction of sp³-hybridized carbons (Fsp3) is 0.364. The third kappa shape index (κ3) is 3.32. The molecule has 0 atom stereocenters. The summed E-state index contributed by atoms with van der Waals surface area (Å²) < 4.78 is 37.4. The van der Waals surface area contributed by atoms with Crippen molar-refractivity contribution in [3.63, 3.8) is 0 Å². The summed E-state index contributed by atoms with van der Waals surface area (Å²) in [6, 6.07) is 3.24. The standard InChI is InChI=1S/C11H10ClF3N2S/c12-8-6-7(11(13,14)15)2-3-9(8)17-10-16-4-1-5-18-10/h2-3,6H,1,4-5H2,(H,16,17). The number of anilines is 1. The molecule has 0 amide bonds. The summed E-state index contributed by atoms with van der Waals surface area (Å²) >= 11 is 7.36. The van der Waals surface area contributed by atoms with E-state index in [0.29, 0.717) is 10.9 Å². The van der Waals surface area contributed by atoms with Crippen LogP contribution in [0.15, 0.2) is 23.2 Å². The van der Waals surface area contributed by atoms with Crippen LogP contribution in [0.5, 0.6) is 0 Å². The summed E-state index contributed by atoms with van der Waals surface area (Å²) in [7, 11) is 0. The Labute approximate surface area is 112 Å². The van der Waals surface area contributed by atoms with Crippen LogP contribution in [-0.4, -0.2) is 17.5 Å². The number of halogens is 4. The van der Waals surface area contributed by atoms with E-state index >= 15 is 0 Å². The van der Waals surface area contributed by atoms with E-state index in [9.17, 15) is 13.2 Å². The normalized spacial score (nSPS) is 16.3. The van der Waals surface area contributed by atoms with Crippen LogP contribution in [0.3, 0.4) is 0 Å². The minimum absolute atomic E-state index is 0.0405. The van der Waals surface area contributed by atoms with E-state index < -0.39 is 11.7 Å². The van der Waals surface area contributed by atoms with Crippen LogP contribution in [0.25, 0.3) is 0 Å². The molecule has 2 nitrogen and oxygen atoms in total. The van der Waals surface area contributed by atoms with Gasteiger partial charge >= 0.3 is 6.18 Å². The van der Waals surface area contributed by atoms with Gasteiger partial charge in [-0.05, 0) is 24.6 Å². The summed E-state index contributed by atoms with van der Waals surface area (Å²) in [5.74, 6) is 0.948. The average molecular weight is 295 g/mol. The highest BCUT2D eigenvalue weighted by Gasteiger charge is 2.30. The third-order valence-corrected chi connectivity index (χ3v) is 3.64. The first-order valence-corrected chi connectivity index (χ1v) is 6.64. The number of thioether (sulfide) groups is 1. The lowest BCUT2D eigenvalue weighted by Crippen LogP contribution is -2.14. The molecule has 98 valence electrons. The number of nitrogens with zero attached hydrogens (tertiary/aromatic N) is 1. The zero-order valence-electron chi connectivity index (χ0n) is 9.22. The van der Waals surface area contributed by atoms with Gasteiger partial charge in [0, 0.05) is 12.3 Å². The van der Waals surface area contributed by atoms with Crippen LogP contribution in [0.2, 0.25) is 5.02 Å². The molecule has 0 saturated heterocycles. The molecule has 1 aromatic rings. The number of hydrogen-bond acceptors (Lipinski definition) is 3. The molecule has 1 aliphatic rings. The van der Waals surface area contributed by atoms with Gasteiger partial charge in [-0.3, -0.25) is 4.99 Å². The number of nitrogens with one attached hydrogen (secondary N) is 1. The Morgan fingerprint density at radius 1 is 1.33 bits per heavy atom. The fourth-order valence-electron chi connectivity index (χ4n) is 1.44. The van der Waals surface area contributed by atoms with Crippen molar-refractivity contribution in [2.75, 3.05) is 17.6 Å². The van der Waals surface area contributed by atoms with Gasteiger partial charge in [-0.15, -0.1) is 0 Å². The molecule has 0 bridgehead atoms. The maximum absolute atomic E-state index is 12.5. The fourth-order valence-corrected chi connectivity index (χ4v) is 2.50. The molecule has 1 aliphatic heterocycles. The molecule has 0 radical (unpaired) electrons. The van der Waals surface area contributed by atoms with Crippen LogP contribution in [0.4, 0.5) is 18.9 Å². The Bertz CT molecular complexity index is 474. The van der Waals surface area contributed by atoms with Crippen LogP contribution in [0.1, 0.15) is 12.0 Å². The minimum Gasteiger partial charge on any atom is -0.334 e. The van der Waals surface area contributed by atoms with Crippen molar-refractivity contribution in [1.29, 1.82) is 0 Å². The van der Waals surface area contributed by atoms with Gasteiger partial charge in [0.05, 0.1) is 16.3 Å². The van der Waals surface area contributed by atoms with E-state index in [2.05, 4.69) is 10.3 Å².